The first-order valence-electron chi connectivity index (χ1n) is 14.2. The molecule has 0 fully saturated rings. The van der Waals surface area contributed by atoms with Gasteiger partial charge < -0.3 is 34.6 Å². The standard InChI is InChI=1S/C32H35N5O8/c1-4-44-30(39)17-26(37-29(38)18-33-21-11-12-25-24(16-21)31(40)35-19-34-25)20-7-5-8-22(15-20)36-32(41)45-14-13-23-27(42-2)9-6-10-28(23)43-3/h5-12,15-16,19,26,33H,4,13-14,17-18H2,1-3H3,(H,36,41)(H,37,38)(H,34,35,40)/t26-/m1/s1. The molecule has 0 aliphatic heterocycles. The lowest BCUT2D eigenvalue weighted by molar-refractivity contribution is -0.143. The predicted octanol–water partition coefficient (Wildman–Crippen LogP) is 3.95. The third-order valence-corrected chi connectivity index (χ3v) is 6.76. The number of ether oxygens (including phenoxy) is 4. The maximum atomic E-state index is 12.9. The summed E-state index contributed by atoms with van der Waals surface area (Å²) in [5, 5.41) is 8.89. The highest BCUT2D eigenvalue weighted by Gasteiger charge is 2.20. The lowest BCUT2D eigenvalue weighted by Crippen LogP contribution is -2.34. The second-order valence-corrected chi connectivity index (χ2v) is 9.72. The molecule has 13 nitrogen and oxygen atoms in total. The van der Waals surface area contributed by atoms with E-state index in [9.17, 15) is 19.2 Å². The molecule has 0 bridgehead atoms. The summed E-state index contributed by atoms with van der Waals surface area (Å²) in [6.07, 6.45) is 0.879. The van der Waals surface area contributed by atoms with Gasteiger partial charge in [0.25, 0.3) is 5.56 Å². The van der Waals surface area contributed by atoms with Gasteiger partial charge in [-0.1, -0.05) is 18.2 Å². The van der Waals surface area contributed by atoms with Gasteiger partial charge in [0, 0.05) is 23.4 Å². The molecule has 0 aliphatic rings. The molecule has 0 spiro atoms. The number of aromatic nitrogens is 2. The van der Waals surface area contributed by atoms with Crippen LogP contribution in [0.4, 0.5) is 16.2 Å². The number of amides is 2. The van der Waals surface area contributed by atoms with Crippen molar-refractivity contribution in [2.24, 2.45) is 0 Å². The van der Waals surface area contributed by atoms with Crippen molar-refractivity contribution in [3.8, 4) is 11.5 Å². The van der Waals surface area contributed by atoms with E-state index in [0.717, 1.165) is 5.56 Å². The van der Waals surface area contributed by atoms with Gasteiger partial charge in [-0.15, -0.1) is 0 Å². The SMILES string of the molecule is CCOC(=O)C[C@@H](NC(=O)CNc1ccc2nc[nH]c(=O)c2c1)c1cccc(NC(=O)OCCc2c(OC)cccc2OC)c1. The monoisotopic (exact) mass is 617 g/mol. The zero-order valence-corrected chi connectivity index (χ0v) is 25.2. The maximum Gasteiger partial charge on any atom is 0.411 e. The number of H-pyrrole nitrogens is 1. The van der Waals surface area contributed by atoms with Gasteiger partial charge in [-0.2, -0.15) is 0 Å². The van der Waals surface area contributed by atoms with E-state index in [1.165, 1.54) is 6.33 Å². The number of hydrogen-bond donors (Lipinski definition) is 4. The van der Waals surface area contributed by atoms with Gasteiger partial charge in [-0.05, 0) is 55.0 Å². The van der Waals surface area contributed by atoms with Gasteiger partial charge in [0.15, 0.2) is 0 Å². The fourth-order valence-electron chi connectivity index (χ4n) is 4.65. The minimum absolute atomic E-state index is 0.0684. The number of methoxy groups -OCH3 is 2. The summed E-state index contributed by atoms with van der Waals surface area (Å²) in [5.41, 5.74) is 2.52. The Hall–Kier alpha value is -5.59. The minimum Gasteiger partial charge on any atom is -0.496 e. The minimum atomic E-state index is -0.752. The number of carbonyl (C=O) groups excluding carboxylic acids is 3. The molecule has 4 N–H and O–H groups in total. The van der Waals surface area contributed by atoms with E-state index in [1.54, 1.807) is 75.7 Å². The van der Waals surface area contributed by atoms with Gasteiger partial charge >= 0.3 is 12.1 Å². The Morgan fingerprint density at radius 1 is 0.933 bits per heavy atom. The molecule has 0 saturated heterocycles. The van der Waals surface area contributed by atoms with Crippen LogP contribution in [0, 0.1) is 0 Å². The first-order valence-corrected chi connectivity index (χ1v) is 14.2. The molecular formula is C32H35N5O8. The van der Waals surface area contributed by atoms with Gasteiger partial charge in [0.05, 0.1) is 63.7 Å². The van der Waals surface area contributed by atoms with Crippen LogP contribution in [0.15, 0.2) is 71.8 Å². The summed E-state index contributed by atoms with van der Waals surface area (Å²) in [6.45, 7) is 1.81. The molecule has 236 valence electrons. The molecule has 1 heterocycles. The van der Waals surface area contributed by atoms with Gasteiger partial charge in [-0.3, -0.25) is 19.7 Å². The maximum absolute atomic E-state index is 12.9. The lowest BCUT2D eigenvalue weighted by atomic mass is 10.0. The second kappa shape index (κ2) is 15.8. The van der Waals surface area contributed by atoms with Crippen molar-refractivity contribution in [2.75, 3.05) is 44.6 Å². The topological polar surface area (TPSA) is 170 Å². The molecule has 1 aromatic heterocycles. The number of nitrogens with zero attached hydrogens (tertiary/aromatic N) is 1. The first kappa shape index (κ1) is 32.3. The quantitative estimate of drug-likeness (QED) is 0.152. The molecule has 0 unspecified atom stereocenters. The highest BCUT2D eigenvalue weighted by atomic mass is 16.5. The Bertz CT molecular complexity index is 1680. The zero-order chi connectivity index (χ0) is 32.2. The molecule has 3 aromatic carbocycles. The van der Waals surface area contributed by atoms with Crippen molar-refractivity contribution in [3.63, 3.8) is 0 Å². The van der Waals surface area contributed by atoms with Crippen LogP contribution in [0.3, 0.4) is 0 Å². The first-order chi connectivity index (χ1) is 21.8. The number of nitrogens with one attached hydrogen (secondary N) is 4. The van der Waals surface area contributed by atoms with Crippen LogP contribution in [0.5, 0.6) is 11.5 Å². The summed E-state index contributed by atoms with van der Waals surface area (Å²) in [7, 11) is 3.11. The lowest BCUT2D eigenvalue weighted by Gasteiger charge is -2.20. The number of benzene rings is 3. The van der Waals surface area contributed by atoms with Crippen LogP contribution in [-0.4, -0.2) is 61.9 Å². The number of rotatable bonds is 14. The van der Waals surface area contributed by atoms with Crippen molar-refractivity contribution < 1.29 is 33.3 Å². The van der Waals surface area contributed by atoms with Crippen LogP contribution >= 0.6 is 0 Å². The average Bonchev–Trinajstić information content (AvgIpc) is 3.04. The van der Waals surface area contributed by atoms with E-state index < -0.39 is 24.0 Å². The Morgan fingerprint density at radius 3 is 2.42 bits per heavy atom. The van der Waals surface area contributed by atoms with E-state index in [4.69, 9.17) is 18.9 Å². The number of esters is 1. The van der Waals surface area contributed by atoms with E-state index in [2.05, 4.69) is 25.9 Å². The van der Waals surface area contributed by atoms with Crippen molar-refractivity contribution in [1.29, 1.82) is 0 Å². The molecule has 1 atom stereocenters. The van der Waals surface area contributed by atoms with E-state index in [-0.39, 0.29) is 31.7 Å². The Kier molecular flexibility index (Phi) is 11.3. The molecule has 0 radical (unpaired) electrons. The number of hydrogen-bond acceptors (Lipinski definition) is 10. The van der Waals surface area contributed by atoms with E-state index in [0.29, 0.717) is 45.8 Å². The third kappa shape index (κ3) is 8.95. The molecule has 0 saturated carbocycles. The molecule has 13 heteroatoms. The molecule has 4 aromatic rings. The van der Waals surface area contributed by atoms with Gasteiger partial charge in [-0.25, -0.2) is 9.78 Å². The predicted molar refractivity (Wildman–Crippen MR) is 168 cm³/mol. The molecule has 45 heavy (non-hydrogen) atoms. The van der Waals surface area contributed by atoms with Crippen molar-refractivity contribution in [1.82, 2.24) is 15.3 Å². The van der Waals surface area contributed by atoms with E-state index >= 15 is 0 Å². The number of carbonyl (C=O) groups is 3. The molecule has 2 amide bonds. The highest BCUT2D eigenvalue weighted by molar-refractivity contribution is 5.86. The number of fused-ring (bicyclic) bond motifs is 1. The zero-order valence-electron chi connectivity index (χ0n) is 25.2. The van der Waals surface area contributed by atoms with Crippen molar-refractivity contribution in [3.05, 3.63) is 88.5 Å². The summed E-state index contributed by atoms with van der Waals surface area (Å²) >= 11 is 0. The Labute approximate surface area is 259 Å². The number of anilines is 2. The van der Waals surface area contributed by atoms with Crippen LogP contribution < -0.4 is 31.0 Å². The molecule has 4 rings (SSSR count). The van der Waals surface area contributed by atoms with Gasteiger partial charge in [0.2, 0.25) is 5.91 Å². The second-order valence-electron chi connectivity index (χ2n) is 9.72. The van der Waals surface area contributed by atoms with Crippen LogP contribution in [0.25, 0.3) is 10.9 Å². The summed E-state index contributed by atoms with van der Waals surface area (Å²) in [6, 6.07) is 16.4. The average molecular weight is 618 g/mol. The van der Waals surface area contributed by atoms with Crippen LogP contribution in [0.1, 0.15) is 30.5 Å². The Morgan fingerprint density at radius 2 is 1.69 bits per heavy atom. The van der Waals surface area contributed by atoms with Crippen molar-refractivity contribution >= 4 is 40.2 Å². The van der Waals surface area contributed by atoms with E-state index in [1.807, 2.05) is 6.07 Å². The third-order valence-electron chi connectivity index (χ3n) is 6.76. The molecular weight excluding hydrogens is 582 g/mol. The normalized spacial score (nSPS) is 11.3. The fraction of sp³-hybridized carbons (Fsp3) is 0.281. The highest BCUT2D eigenvalue weighted by Crippen LogP contribution is 2.28. The smallest absolute Gasteiger partial charge is 0.411 e. The molecule has 0 aliphatic carbocycles. The van der Waals surface area contributed by atoms with Crippen LogP contribution in [-0.2, 0) is 25.5 Å². The number of aromatic amines is 1. The summed E-state index contributed by atoms with van der Waals surface area (Å²) in [4.78, 5) is 56.6. The van der Waals surface area contributed by atoms with Gasteiger partial charge in [0.1, 0.15) is 11.5 Å². The fourth-order valence-corrected chi connectivity index (χ4v) is 4.65. The summed E-state index contributed by atoms with van der Waals surface area (Å²) in [5.74, 6) is 0.345. The van der Waals surface area contributed by atoms with Crippen LogP contribution in [0.2, 0.25) is 0 Å². The largest absolute Gasteiger partial charge is 0.496 e. The summed E-state index contributed by atoms with van der Waals surface area (Å²) < 4.78 is 21.3. The Balaban J connectivity index is 1.39. The van der Waals surface area contributed by atoms with Crippen molar-refractivity contribution in [2.45, 2.75) is 25.8 Å².